The second kappa shape index (κ2) is 6.42. The van der Waals surface area contributed by atoms with Gasteiger partial charge in [-0.3, -0.25) is 0 Å². The number of nitrogens with two attached hydrogens (primary N) is 1. The highest BCUT2D eigenvalue weighted by atomic mass is 32.2. The van der Waals surface area contributed by atoms with Gasteiger partial charge in [0.05, 0.1) is 5.75 Å². The molecule has 8 heteroatoms. The predicted octanol–water partition coefficient (Wildman–Crippen LogP) is 3.51. The first-order valence-corrected chi connectivity index (χ1v) is 9.67. The highest BCUT2D eigenvalue weighted by molar-refractivity contribution is 7.98. The third-order valence-electron chi connectivity index (χ3n) is 4.41. The number of benzene rings is 1. The lowest BCUT2D eigenvalue weighted by Gasteiger charge is -2.19. The summed E-state index contributed by atoms with van der Waals surface area (Å²) < 4.78 is 6.78. The van der Waals surface area contributed by atoms with Crippen molar-refractivity contribution >= 4 is 11.8 Å². The van der Waals surface area contributed by atoms with Crippen molar-refractivity contribution in [3.8, 4) is 11.4 Å². The van der Waals surface area contributed by atoms with Crippen LogP contribution in [0.1, 0.15) is 56.8 Å². The fraction of sp³-hybridized carbons (Fsp3) is 0.444. The van der Waals surface area contributed by atoms with Crippen LogP contribution in [0.25, 0.3) is 11.4 Å². The number of nitrogens with zero attached hydrogens (tertiary/aromatic N) is 5. The number of aromatic nitrogens is 5. The maximum absolute atomic E-state index is 6.19. The Labute approximate surface area is 156 Å². The molecule has 1 aliphatic carbocycles. The number of nitrogen functional groups attached to an aromatic ring is 1. The van der Waals surface area contributed by atoms with Crippen LogP contribution in [-0.2, 0) is 11.2 Å². The Morgan fingerprint density at radius 3 is 2.58 bits per heavy atom. The highest BCUT2D eigenvalue weighted by Gasteiger charge is 2.29. The summed E-state index contributed by atoms with van der Waals surface area (Å²) in [5.41, 5.74) is 2.32. The van der Waals surface area contributed by atoms with E-state index in [1.165, 1.54) is 22.0 Å². The molecule has 0 unspecified atom stereocenters. The second-order valence-electron chi connectivity index (χ2n) is 7.62. The van der Waals surface area contributed by atoms with Crippen LogP contribution in [0.3, 0.4) is 0 Å². The van der Waals surface area contributed by atoms with Crippen LogP contribution in [0.2, 0.25) is 0 Å². The largest absolute Gasteiger partial charge is 0.339 e. The van der Waals surface area contributed by atoms with Crippen LogP contribution in [0.4, 0.5) is 0 Å². The second-order valence-corrected chi connectivity index (χ2v) is 8.56. The first-order valence-electron chi connectivity index (χ1n) is 8.68. The van der Waals surface area contributed by atoms with Gasteiger partial charge in [0.15, 0.2) is 11.6 Å². The molecule has 0 saturated heterocycles. The minimum Gasteiger partial charge on any atom is -0.339 e. The zero-order valence-corrected chi connectivity index (χ0v) is 16.0. The Balaban J connectivity index is 1.46. The topological polar surface area (TPSA) is 95.6 Å². The molecule has 1 aliphatic rings. The molecule has 0 aliphatic heterocycles. The Kier molecular flexibility index (Phi) is 4.22. The SMILES string of the molecule is CC(C)(C)c1ccc(-c2nnc(SCc3noc(C4CC4)n3)n2N)cc1. The van der Waals surface area contributed by atoms with Gasteiger partial charge in [-0.25, -0.2) is 4.68 Å². The third-order valence-corrected chi connectivity index (χ3v) is 5.35. The van der Waals surface area contributed by atoms with Crippen molar-refractivity contribution in [1.82, 2.24) is 25.0 Å². The van der Waals surface area contributed by atoms with Crippen molar-refractivity contribution in [2.45, 2.75) is 55.9 Å². The molecule has 2 aromatic heterocycles. The lowest BCUT2D eigenvalue weighted by molar-refractivity contribution is 0.375. The molecule has 2 N–H and O–H groups in total. The molecule has 26 heavy (non-hydrogen) atoms. The van der Waals surface area contributed by atoms with Crippen molar-refractivity contribution in [1.29, 1.82) is 0 Å². The summed E-state index contributed by atoms with van der Waals surface area (Å²) >= 11 is 1.45. The minimum atomic E-state index is 0.111. The Morgan fingerprint density at radius 2 is 1.92 bits per heavy atom. The number of hydrogen-bond donors (Lipinski definition) is 1. The van der Waals surface area contributed by atoms with Crippen LogP contribution < -0.4 is 5.84 Å². The van der Waals surface area contributed by atoms with Gasteiger partial charge in [-0.1, -0.05) is 62.0 Å². The maximum atomic E-state index is 6.19. The number of hydrogen-bond acceptors (Lipinski definition) is 7. The van der Waals surface area contributed by atoms with E-state index in [0.29, 0.717) is 28.5 Å². The highest BCUT2D eigenvalue weighted by Crippen LogP contribution is 2.39. The van der Waals surface area contributed by atoms with Crippen LogP contribution >= 0.6 is 11.8 Å². The first-order chi connectivity index (χ1) is 12.4. The molecular formula is C18H22N6OS. The molecule has 136 valence electrons. The van der Waals surface area contributed by atoms with Crippen LogP contribution in [-0.4, -0.2) is 25.0 Å². The summed E-state index contributed by atoms with van der Waals surface area (Å²) in [6, 6.07) is 8.28. The Morgan fingerprint density at radius 1 is 1.19 bits per heavy atom. The summed E-state index contributed by atoms with van der Waals surface area (Å²) in [6.45, 7) is 6.57. The molecule has 1 fully saturated rings. The van der Waals surface area contributed by atoms with Gasteiger partial charge in [0.1, 0.15) is 0 Å². The lowest BCUT2D eigenvalue weighted by atomic mass is 9.87. The predicted molar refractivity (Wildman–Crippen MR) is 100 cm³/mol. The zero-order chi connectivity index (χ0) is 18.3. The number of thioether (sulfide) groups is 1. The lowest BCUT2D eigenvalue weighted by Crippen LogP contribution is -2.12. The van der Waals surface area contributed by atoms with Crippen molar-refractivity contribution in [2.75, 3.05) is 5.84 Å². The van der Waals surface area contributed by atoms with Gasteiger partial charge < -0.3 is 10.4 Å². The van der Waals surface area contributed by atoms with E-state index in [0.717, 1.165) is 24.3 Å². The van der Waals surface area contributed by atoms with Crippen molar-refractivity contribution in [3.05, 3.63) is 41.5 Å². The van der Waals surface area contributed by atoms with Gasteiger partial charge in [-0.15, -0.1) is 10.2 Å². The molecule has 0 amide bonds. The van der Waals surface area contributed by atoms with Crippen LogP contribution in [0.5, 0.6) is 0 Å². The molecule has 2 heterocycles. The van der Waals surface area contributed by atoms with Gasteiger partial charge in [-0.2, -0.15) is 4.98 Å². The zero-order valence-electron chi connectivity index (χ0n) is 15.1. The standard InChI is InChI=1S/C18H22N6OS/c1-18(2,3)13-8-6-11(7-9-13)15-21-22-17(24(15)19)26-10-14-20-16(25-23-14)12-4-5-12/h6-9,12H,4-5,10,19H2,1-3H3. The van der Waals surface area contributed by atoms with E-state index in [1.807, 2.05) is 12.1 Å². The molecule has 0 radical (unpaired) electrons. The van der Waals surface area contributed by atoms with E-state index in [2.05, 4.69) is 53.2 Å². The molecule has 0 bridgehead atoms. The summed E-state index contributed by atoms with van der Waals surface area (Å²) in [6.07, 6.45) is 2.28. The van der Waals surface area contributed by atoms with E-state index in [1.54, 1.807) is 0 Å². The van der Waals surface area contributed by atoms with E-state index in [9.17, 15) is 0 Å². The summed E-state index contributed by atoms with van der Waals surface area (Å²) in [5, 5.41) is 13.1. The molecular weight excluding hydrogens is 348 g/mol. The molecule has 1 saturated carbocycles. The van der Waals surface area contributed by atoms with Crippen molar-refractivity contribution < 1.29 is 4.52 Å². The maximum Gasteiger partial charge on any atom is 0.229 e. The third kappa shape index (κ3) is 3.46. The number of rotatable bonds is 5. The summed E-state index contributed by atoms with van der Waals surface area (Å²) in [7, 11) is 0. The molecule has 1 aromatic carbocycles. The quantitative estimate of drug-likeness (QED) is 0.542. The minimum absolute atomic E-state index is 0.111. The molecule has 0 spiro atoms. The van der Waals surface area contributed by atoms with Crippen LogP contribution in [0.15, 0.2) is 33.9 Å². The van der Waals surface area contributed by atoms with Gasteiger partial charge >= 0.3 is 0 Å². The summed E-state index contributed by atoms with van der Waals surface area (Å²) in [4.78, 5) is 4.42. The van der Waals surface area contributed by atoms with E-state index >= 15 is 0 Å². The first kappa shape index (κ1) is 17.1. The normalized spacial score (nSPS) is 14.7. The smallest absolute Gasteiger partial charge is 0.229 e. The Hall–Kier alpha value is -2.35. The van der Waals surface area contributed by atoms with Crippen molar-refractivity contribution in [2.24, 2.45) is 0 Å². The van der Waals surface area contributed by atoms with Gasteiger partial charge in [0.25, 0.3) is 0 Å². The fourth-order valence-electron chi connectivity index (χ4n) is 2.64. The molecule has 4 rings (SSSR count). The van der Waals surface area contributed by atoms with E-state index < -0.39 is 0 Å². The van der Waals surface area contributed by atoms with E-state index in [-0.39, 0.29) is 5.41 Å². The monoisotopic (exact) mass is 370 g/mol. The molecule has 0 atom stereocenters. The molecule has 3 aromatic rings. The van der Waals surface area contributed by atoms with Crippen molar-refractivity contribution in [3.63, 3.8) is 0 Å². The van der Waals surface area contributed by atoms with Gasteiger partial charge in [-0.05, 0) is 23.8 Å². The molecule has 7 nitrogen and oxygen atoms in total. The fourth-order valence-corrected chi connectivity index (χ4v) is 3.34. The van der Waals surface area contributed by atoms with E-state index in [4.69, 9.17) is 10.4 Å². The summed E-state index contributed by atoms with van der Waals surface area (Å²) in [5.74, 6) is 9.25. The average Bonchev–Trinajstić information content (AvgIpc) is 3.24. The van der Waals surface area contributed by atoms with Gasteiger partial charge in [0.2, 0.25) is 11.0 Å². The Bertz CT molecular complexity index is 905. The van der Waals surface area contributed by atoms with Gasteiger partial charge in [0, 0.05) is 11.5 Å². The van der Waals surface area contributed by atoms with Crippen LogP contribution in [0, 0.1) is 0 Å². The average molecular weight is 370 g/mol.